The molecule has 0 aromatic rings. The van der Waals surface area contributed by atoms with Gasteiger partial charge in [0.05, 0.1) is 6.04 Å². The number of amides is 2. The molecule has 1 aliphatic heterocycles. The lowest BCUT2D eigenvalue weighted by molar-refractivity contribution is -0.142. The second kappa shape index (κ2) is 4.60. The molecule has 96 valence electrons. The molecule has 1 fully saturated rings. The molecule has 1 aliphatic rings. The summed E-state index contributed by atoms with van der Waals surface area (Å²) in [6.45, 7) is 5.02. The Bertz CT molecular complexity index is 339. The molecule has 7 heteroatoms. The van der Waals surface area contributed by atoms with Crippen LogP contribution in [0.1, 0.15) is 27.2 Å². The Morgan fingerprint density at radius 2 is 2.06 bits per heavy atom. The summed E-state index contributed by atoms with van der Waals surface area (Å²) in [5.74, 6) is -1.44. The summed E-state index contributed by atoms with van der Waals surface area (Å²) in [6.07, 6.45) is -0.724. The van der Waals surface area contributed by atoms with E-state index in [4.69, 9.17) is 9.84 Å². The third-order valence-corrected chi connectivity index (χ3v) is 2.09. The van der Waals surface area contributed by atoms with Crippen molar-refractivity contribution in [1.82, 2.24) is 10.6 Å². The predicted molar refractivity (Wildman–Crippen MR) is 57.3 cm³/mol. The monoisotopic (exact) mass is 244 g/mol. The number of alkyl carbamates (subject to hydrolysis) is 1. The van der Waals surface area contributed by atoms with Crippen LogP contribution in [-0.2, 0) is 14.3 Å². The Hall–Kier alpha value is -1.79. The predicted octanol–water partition coefficient (Wildman–Crippen LogP) is -0.147. The van der Waals surface area contributed by atoms with Gasteiger partial charge in [0.1, 0.15) is 5.60 Å². The molecule has 2 atom stereocenters. The van der Waals surface area contributed by atoms with Crippen molar-refractivity contribution < 1.29 is 24.2 Å². The van der Waals surface area contributed by atoms with Crippen LogP contribution in [0, 0.1) is 0 Å². The summed E-state index contributed by atoms with van der Waals surface area (Å²) in [4.78, 5) is 33.0. The molecule has 3 N–H and O–H groups in total. The van der Waals surface area contributed by atoms with Crippen LogP contribution in [0.4, 0.5) is 4.79 Å². The van der Waals surface area contributed by atoms with Gasteiger partial charge in [0, 0.05) is 6.42 Å². The van der Waals surface area contributed by atoms with E-state index in [1.807, 2.05) is 0 Å². The number of rotatable bonds is 3. The van der Waals surface area contributed by atoms with E-state index in [0.717, 1.165) is 0 Å². The number of β-lactam (4-membered cyclic amide) rings is 1. The second-order valence-corrected chi connectivity index (χ2v) is 4.84. The minimum Gasteiger partial charge on any atom is -0.480 e. The van der Waals surface area contributed by atoms with Gasteiger partial charge in [0.15, 0.2) is 6.04 Å². The first-order valence-corrected chi connectivity index (χ1v) is 5.21. The summed E-state index contributed by atoms with van der Waals surface area (Å²) in [5, 5.41) is 13.5. The normalized spacial score (nSPS) is 20.9. The molecule has 2 unspecified atom stereocenters. The minimum absolute atomic E-state index is 0.0900. The molecule has 1 rings (SSSR count). The Balaban J connectivity index is 2.53. The standard InChI is InChI=1S/C10H16N2O5/c1-10(2,3)17-9(16)12-7(8(14)15)5-4-6(13)11-5/h5,7H,4H2,1-3H3,(H,11,13)(H,12,16)(H,14,15). The molecular weight excluding hydrogens is 228 g/mol. The van der Waals surface area contributed by atoms with E-state index < -0.39 is 29.7 Å². The van der Waals surface area contributed by atoms with Crippen LogP contribution < -0.4 is 10.6 Å². The van der Waals surface area contributed by atoms with Crippen molar-refractivity contribution in [1.29, 1.82) is 0 Å². The van der Waals surface area contributed by atoms with Crippen LogP contribution in [-0.4, -0.2) is 40.8 Å². The first-order valence-electron chi connectivity index (χ1n) is 5.21. The number of nitrogens with one attached hydrogen (secondary N) is 2. The van der Waals surface area contributed by atoms with E-state index in [1.165, 1.54) is 0 Å². The average Bonchev–Trinajstić information content (AvgIpc) is 2.06. The van der Waals surface area contributed by atoms with Crippen LogP contribution in [0.25, 0.3) is 0 Å². The van der Waals surface area contributed by atoms with Crippen molar-refractivity contribution in [3.63, 3.8) is 0 Å². The van der Waals surface area contributed by atoms with Crippen molar-refractivity contribution in [2.75, 3.05) is 0 Å². The van der Waals surface area contributed by atoms with E-state index in [0.29, 0.717) is 0 Å². The SMILES string of the molecule is CC(C)(C)OC(=O)NC(C(=O)O)C1CC(=O)N1. The highest BCUT2D eigenvalue weighted by atomic mass is 16.6. The zero-order valence-electron chi connectivity index (χ0n) is 9.94. The largest absolute Gasteiger partial charge is 0.480 e. The quantitative estimate of drug-likeness (QED) is 0.599. The molecule has 1 heterocycles. The van der Waals surface area contributed by atoms with Crippen LogP contribution in [0.2, 0.25) is 0 Å². The summed E-state index contributed by atoms with van der Waals surface area (Å²) in [6, 6.07) is -1.74. The lowest BCUT2D eigenvalue weighted by Crippen LogP contribution is -2.63. The van der Waals surface area contributed by atoms with Gasteiger partial charge in [-0.2, -0.15) is 0 Å². The molecule has 0 radical (unpaired) electrons. The Morgan fingerprint density at radius 1 is 1.53 bits per heavy atom. The Labute approximate surface area is 98.5 Å². The van der Waals surface area contributed by atoms with Crippen molar-refractivity contribution >= 4 is 18.0 Å². The van der Waals surface area contributed by atoms with Gasteiger partial charge in [-0.05, 0) is 20.8 Å². The maximum atomic E-state index is 11.4. The fraction of sp³-hybridized carbons (Fsp3) is 0.700. The fourth-order valence-corrected chi connectivity index (χ4v) is 1.36. The van der Waals surface area contributed by atoms with Crippen molar-refractivity contribution in [2.24, 2.45) is 0 Å². The number of carbonyl (C=O) groups is 3. The average molecular weight is 244 g/mol. The number of carboxylic acids is 1. The lowest BCUT2D eigenvalue weighted by atomic mass is 9.98. The van der Waals surface area contributed by atoms with Crippen LogP contribution in [0.15, 0.2) is 0 Å². The zero-order chi connectivity index (χ0) is 13.2. The highest BCUT2D eigenvalue weighted by Crippen LogP contribution is 2.11. The van der Waals surface area contributed by atoms with E-state index in [2.05, 4.69) is 10.6 Å². The molecule has 0 aromatic heterocycles. The molecule has 0 spiro atoms. The molecule has 0 bridgehead atoms. The maximum Gasteiger partial charge on any atom is 0.408 e. The van der Waals surface area contributed by atoms with Gasteiger partial charge in [0.25, 0.3) is 0 Å². The maximum absolute atomic E-state index is 11.4. The Morgan fingerprint density at radius 3 is 2.41 bits per heavy atom. The molecular formula is C10H16N2O5. The third-order valence-electron chi connectivity index (χ3n) is 2.09. The van der Waals surface area contributed by atoms with E-state index in [-0.39, 0.29) is 12.3 Å². The summed E-state index contributed by atoms with van der Waals surface area (Å²) in [5.41, 5.74) is -0.698. The summed E-state index contributed by atoms with van der Waals surface area (Å²) < 4.78 is 4.94. The number of aliphatic carboxylic acids is 1. The number of hydrogen-bond donors (Lipinski definition) is 3. The smallest absolute Gasteiger partial charge is 0.408 e. The topological polar surface area (TPSA) is 105 Å². The van der Waals surface area contributed by atoms with Gasteiger partial charge in [-0.15, -0.1) is 0 Å². The first kappa shape index (κ1) is 13.3. The zero-order valence-corrected chi connectivity index (χ0v) is 9.94. The van der Waals surface area contributed by atoms with Gasteiger partial charge in [-0.3, -0.25) is 4.79 Å². The van der Waals surface area contributed by atoms with Gasteiger partial charge >= 0.3 is 12.1 Å². The van der Waals surface area contributed by atoms with Gasteiger partial charge in [0.2, 0.25) is 5.91 Å². The van der Waals surface area contributed by atoms with Crippen molar-refractivity contribution in [3.05, 3.63) is 0 Å². The minimum atomic E-state index is -1.21. The fourth-order valence-electron chi connectivity index (χ4n) is 1.36. The lowest BCUT2D eigenvalue weighted by Gasteiger charge is -2.32. The Kier molecular flexibility index (Phi) is 3.59. The van der Waals surface area contributed by atoms with Gasteiger partial charge in [-0.1, -0.05) is 0 Å². The van der Waals surface area contributed by atoms with Crippen molar-refractivity contribution in [2.45, 2.75) is 44.9 Å². The molecule has 2 amide bonds. The summed E-state index contributed by atoms with van der Waals surface area (Å²) in [7, 11) is 0. The highest BCUT2D eigenvalue weighted by molar-refractivity contribution is 5.88. The first-order chi connectivity index (χ1) is 7.69. The van der Waals surface area contributed by atoms with Crippen LogP contribution in [0.3, 0.4) is 0 Å². The highest BCUT2D eigenvalue weighted by Gasteiger charge is 2.39. The number of carbonyl (C=O) groups excluding carboxylic acids is 2. The number of carboxylic acid groups (broad SMARTS) is 1. The van der Waals surface area contributed by atoms with E-state index >= 15 is 0 Å². The molecule has 7 nitrogen and oxygen atoms in total. The summed E-state index contributed by atoms with van der Waals surface area (Å²) >= 11 is 0. The molecule has 1 saturated heterocycles. The van der Waals surface area contributed by atoms with E-state index in [9.17, 15) is 14.4 Å². The van der Waals surface area contributed by atoms with Crippen LogP contribution in [0.5, 0.6) is 0 Å². The molecule has 0 aromatic carbocycles. The molecule has 0 aliphatic carbocycles. The van der Waals surface area contributed by atoms with Gasteiger partial charge < -0.3 is 20.5 Å². The molecule has 0 saturated carbocycles. The number of hydrogen-bond acceptors (Lipinski definition) is 4. The molecule has 17 heavy (non-hydrogen) atoms. The van der Waals surface area contributed by atoms with Crippen LogP contribution >= 0.6 is 0 Å². The second-order valence-electron chi connectivity index (χ2n) is 4.84. The van der Waals surface area contributed by atoms with Gasteiger partial charge in [-0.25, -0.2) is 9.59 Å². The third kappa shape index (κ3) is 3.93. The number of ether oxygens (including phenoxy) is 1. The van der Waals surface area contributed by atoms with Crippen molar-refractivity contribution in [3.8, 4) is 0 Å². The van der Waals surface area contributed by atoms with E-state index in [1.54, 1.807) is 20.8 Å².